The molecular weight excluding hydrogens is 320 g/mol. The fourth-order valence-electron chi connectivity index (χ4n) is 2.44. The SMILES string of the molecule is O=C(Cc1cc2nc(-c3cncs3)ccc2cn1)c1ccncc1. The number of carbonyl (C=O) groups excluding carboxylic acids is 1. The van der Waals surface area contributed by atoms with Crippen molar-refractivity contribution in [1.29, 1.82) is 0 Å². The van der Waals surface area contributed by atoms with Gasteiger partial charge in [0.15, 0.2) is 5.78 Å². The smallest absolute Gasteiger partial charge is 0.168 e. The summed E-state index contributed by atoms with van der Waals surface area (Å²) < 4.78 is 0. The normalized spacial score (nSPS) is 10.8. The Hall–Kier alpha value is -2.99. The van der Waals surface area contributed by atoms with Gasteiger partial charge in [0.2, 0.25) is 0 Å². The molecule has 4 aromatic rings. The monoisotopic (exact) mass is 332 g/mol. The lowest BCUT2D eigenvalue weighted by molar-refractivity contribution is 0.0992. The molecule has 24 heavy (non-hydrogen) atoms. The van der Waals surface area contributed by atoms with Gasteiger partial charge >= 0.3 is 0 Å². The molecule has 0 atom stereocenters. The second kappa shape index (κ2) is 6.25. The number of thiazole rings is 1. The zero-order chi connectivity index (χ0) is 16.4. The van der Waals surface area contributed by atoms with Crippen LogP contribution in [0.15, 0.2) is 60.6 Å². The van der Waals surface area contributed by atoms with Crippen molar-refractivity contribution in [2.24, 2.45) is 0 Å². The molecule has 0 aliphatic heterocycles. The van der Waals surface area contributed by atoms with Gasteiger partial charge in [0.1, 0.15) is 0 Å². The molecule has 116 valence electrons. The molecule has 6 heteroatoms. The van der Waals surface area contributed by atoms with Gasteiger partial charge in [-0.2, -0.15) is 0 Å². The van der Waals surface area contributed by atoms with Gasteiger partial charge in [0.05, 0.1) is 33.7 Å². The second-order valence-electron chi connectivity index (χ2n) is 5.27. The number of hydrogen-bond acceptors (Lipinski definition) is 6. The minimum atomic E-state index is 0.0165. The fraction of sp³-hybridized carbons (Fsp3) is 0.0556. The molecule has 0 radical (unpaired) electrons. The largest absolute Gasteiger partial charge is 0.294 e. The Bertz CT molecular complexity index is 1000. The van der Waals surface area contributed by atoms with Crippen molar-refractivity contribution in [2.75, 3.05) is 0 Å². The summed E-state index contributed by atoms with van der Waals surface area (Å²) >= 11 is 1.55. The van der Waals surface area contributed by atoms with E-state index in [2.05, 4.69) is 19.9 Å². The highest BCUT2D eigenvalue weighted by Gasteiger charge is 2.09. The molecule has 5 nitrogen and oxygen atoms in total. The van der Waals surface area contributed by atoms with Crippen molar-refractivity contribution < 1.29 is 4.79 Å². The van der Waals surface area contributed by atoms with Gasteiger partial charge in [-0.05, 0) is 30.3 Å². The molecule has 0 unspecified atom stereocenters. The molecule has 0 saturated carbocycles. The predicted octanol–water partition coefficient (Wildman–Crippen LogP) is 3.57. The van der Waals surface area contributed by atoms with E-state index < -0.39 is 0 Å². The molecule has 0 bridgehead atoms. The van der Waals surface area contributed by atoms with Crippen molar-refractivity contribution >= 4 is 28.0 Å². The van der Waals surface area contributed by atoms with E-state index in [0.29, 0.717) is 11.3 Å². The molecule has 0 aliphatic rings. The van der Waals surface area contributed by atoms with E-state index in [1.165, 1.54) is 0 Å². The Labute approximate surface area is 142 Å². The Kier molecular flexibility index (Phi) is 3.80. The molecule has 4 aromatic heterocycles. The third-order valence-electron chi connectivity index (χ3n) is 3.66. The summed E-state index contributed by atoms with van der Waals surface area (Å²) in [7, 11) is 0. The molecule has 0 N–H and O–H groups in total. The number of rotatable bonds is 4. The molecule has 4 heterocycles. The first-order valence-electron chi connectivity index (χ1n) is 7.37. The average molecular weight is 332 g/mol. The van der Waals surface area contributed by atoms with Crippen LogP contribution in [0.4, 0.5) is 0 Å². The number of Topliss-reactive ketones (excluding diaryl/α,β-unsaturated/α-hetero) is 1. The third kappa shape index (κ3) is 2.91. The lowest BCUT2D eigenvalue weighted by Gasteiger charge is -2.04. The summed E-state index contributed by atoms with van der Waals surface area (Å²) in [6.45, 7) is 0. The topological polar surface area (TPSA) is 68.6 Å². The highest BCUT2D eigenvalue weighted by Crippen LogP contribution is 2.24. The number of hydrogen-bond donors (Lipinski definition) is 0. The molecule has 0 saturated heterocycles. The number of aromatic nitrogens is 4. The van der Waals surface area contributed by atoms with Gasteiger partial charge in [0.25, 0.3) is 0 Å². The van der Waals surface area contributed by atoms with E-state index in [-0.39, 0.29) is 12.2 Å². The minimum absolute atomic E-state index is 0.0165. The van der Waals surface area contributed by atoms with Crippen molar-refractivity contribution in [2.45, 2.75) is 6.42 Å². The van der Waals surface area contributed by atoms with E-state index in [4.69, 9.17) is 0 Å². The Balaban J connectivity index is 1.66. The van der Waals surface area contributed by atoms with E-state index in [1.54, 1.807) is 53.8 Å². The van der Waals surface area contributed by atoms with Crippen molar-refractivity contribution in [1.82, 2.24) is 19.9 Å². The Morgan fingerprint density at radius 3 is 2.71 bits per heavy atom. The van der Waals surface area contributed by atoms with Gasteiger partial charge in [0, 0.05) is 35.7 Å². The zero-order valence-corrected chi connectivity index (χ0v) is 13.4. The van der Waals surface area contributed by atoms with Crippen LogP contribution < -0.4 is 0 Å². The van der Waals surface area contributed by atoms with Crippen LogP contribution in [-0.4, -0.2) is 25.7 Å². The molecule has 0 fully saturated rings. The maximum Gasteiger partial charge on any atom is 0.168 e. The number of pyridine rings is 3. The molecule has 0 spiro atoms. The van der Waals surface area contributed by atoms with Gasteiger partial charge in [-0.3, -0.25) is 19.7 Å². The van der Waals surface area contributed by atoms with Gasteiger partial charge in [-0.25, -0.2) is 4.98 Å². The number of fused-ring (bicyclic) bond motifs is 1. The van der Waals surface area contributed by atoms with Crippen molar-refractivity contribution in [3.05, 3.63) is 71.9 Å². The van der Waals surface area contributed by atoms with Gasteiger partial charge < -0.3 is 0 Å². The van der Waals surface area contributed by atoms with Crippen LogP contribution >= 0.6 is 11.3 Å². The summed E-state index contributed by atoms with van der Waals surface area (Å²) in [5, 5.41) is 0.948. The summed E-state index contributed by atoms with van der Waals surface area (Å²) in [4.78, 5) is 30.4. The lowest BCUT2D eigenvalue weighted by Crippen LogP contribution is -2.05. The Morgan fingerprint density at radius 2 is 1.92 bits per heavy atom. The molecule has 4 rings (SSSR count). The maximum absolute atomic E-state index is 12.3. The first-order chi connectivity index (χ1) is 11.8. The summed E-state index contributed by atoms with van der Waals surface area (Å²) in [5.41, 5.74) is 4.83. The fourth-order valence-corrected chi connectivity index (χ4v) is 3.03. The molecule has 0 aromatic carbocycles. The van der Waals surface area contributed by atoms with E-state index >= 15 is 0 Å². The first-order valence-corrected chi connectivity index (χ1v) is 8.25. The van der Waals surface area contributed by atoms with E-state index in [1.807, 2.05) is 18.2 Å². The van der Waals surface area contributed by atoms with Crippen LogP contribution in [0, 0.1) is 0 Å². The van der Waals surface area contributed by atoms with Crippen molar-refractivity contribution in [3.63, 3.8) is 0 Å². The van der Waals surface area contributed by atoms with Crippen LogP contribution in [0.25, 0.3) is 21.5 Å². The summed E-state index contributed by atoms with van der Waals surface area (Å²) in [6, 6.07) is 9.24. The van der Waals surface area contributed by atoms with Gasteiger partial charge in [-0.1, -0.05) is 0 Å². The minimum Gasteiger partial charge on any atom is -0.294 e. The van der Waals surface area contributed by atoms with E-state index in [9.17, 15) is 4.79 Å². The van der Waals surface area contributed by atoms with Crippen LogP contribution in [0.2, 0.25) is 0 Å². The quantitative estimate of drug-likeness (QED) is 0.534. The zero-order valence-electron chi connectivity index (χ0n) is 12.6. The molecule has 0 aliphatic carbocycles. The summed E-state index contributed by atoms with van der Waals surface area (Å²) in [6.07, 6.45) is 7.03. The lowest BCUT2D eigenvalue weighted by atomic mass is 10.1. The van der Waals surface area contributed by atoms with Crippen molar-refractivity contribution in [3.8, 4) is 10.6 Å². The van der Waals surface area contributed by atoms with Crippen LogP contribution in [-0.2, 0) is 6.42 Å². The number of nitrogens with zero attached hydrogens (tertiary/aromatic N) is 4. The number of ketones is 1. The third-order valence-corrected chi connectivity index (χ3v) is 4.45. The second-order valence-corrected chi connectivity index (χ2v) is 6.15. The highest BCUT2D eigenvalue weighted by atomic mass is 32.1. The van der Waals surface area contributed by atoms with Crippen LogP contribution in [0.1, 0.15) is 16.1 Å². The molecule has 0 amide bonds. The highest BCUT2D eigenvalue weighted by molar-refractivity contribution is 7.13. The first kappa shape index (κ1) is 14.6. The van der Waals surface area contributed by atoms with Gasteiger partial charge in [-0.15, -0.1) is 11.3 Å². The number of carbonyl (C=O) groups is 1. The van der Waals surface area contributed by atoms with Crippen LogP contribution in [0.5, 0.6) is 0 Å². The maximum atomic E-state index is 12.3. The summed E-state index contributed by atoms with van der Waals surface area (Å²) in [5.74, 6) is 0.0165. The predicted molar refractivity (Wildman–Crippen MR) is 92.9 cm³/mol. The molecular formula is C18H12N4OS. The Morgan fingerprint density at radius 1 is 1.04 bits per heavy atom. The van der Waals surface area contributed by atoms with E-state index in [0.717, 1.165) is 21.5 Å². The average Bonchev–Trinajstić information content (AvgIpc) is 3.16. The van der Waals surface area contributed by atoms with Crippen LogP contribution in [0.3, 0.4) is 0 Å². The standard InChI is InChI=1S/C18H12N4OS/c23-17(12-3-5-19-6-4-12)8-14-7-16-13(9-21-14)1-2-15(22-16)18-10-20-11-24-18/h1-7,9-11H,8H2.